The fraction of sp³-hybridized carbons (Fsp3) is 0.333. The predicted octanol–water partition coefficient (Wildman–Crippen LogP) is 4.35. The first kappa shape index (κ1) is 15.1. The van der Waals surface area contributed by atoms with E-state index in [-0.39, 0.29) is 6.04 Å². The highest BCUT2D eigenvalue weighted by Gasteiger charge is 2.35. The molecule has 0 fully saturated rings. The Bertz CT molecular complexity index is 783. The molecule has 1 unspecified atom stereocenters. The van der Waals surface area contributed by atoms with E-state index >= 15 is 0 Å². The Hall–Kier alpha value is -0.850. The van der Waals surface area contributed by atoms with Gasteiger partial charge in [-0.3, -0.25) is 4.31 Å². The number of anilines is 1. The molecular weight excluding hydrogens is 370 g/mol. The van der Waals surface area contributed by atoms with Crippen molar-refractivity contribution in [1.29, 1.82) is 0 Å². The molecule has 21 heavy (non-hydrogen) atoms. The number of aryl methyl sites for hydroxylation is 2. The van der Waals surface area contributed by atoms with Gasteiger partial charge in [0.05, 0.1) is 9.47 Å². The average molecular weight is 386 g/mol. The molecule has 0 radical (unpaired) electrons. The molecule has 2 heterocycles. The molecule has 1 aliphatic heterocycles. The van der Waals surface area contributed by atoms with E-state index in [0.29, 0.717) is 4.90 Å². The first-order chi connectivity index (χ1) is 9.91. The summed E-state index contributed by atoms with van der Waals surface area (Å²) in [7, 11) is -3.52. The quantitative estimate of drug-likeness (QED) is 0.770. The van der Waals surface area contributed by atoms with Crippen molar-refractivity contribution in [3.63, 3.8) is 0 Å². The molecule has 0 spiro atoms. The zero-order valence-corrected chi connectivity index (χ0v) is 15.1. The zero-order valence-electron chi connectivity index (χ0n) is 11.8. The number of thiophene rings is 1. The molecule has 112 valence electrons. The molecule has 0 bridgehead atoms. The van der Waals surface area contributed by atoms with Crippen LogP contribution >= 0.6 is 27.3 Å². The lowest BCUT2D eigenvalue weighted by atomic mass is 9.99. The molecule has 0 saturated heterocycles. The van der Waals surface area contributed by atoms with Crippen LogP contribution in [0.3, 0.4) is 0 Å². The summed E-state index contributed by atoms with van der Waals surface area (Å²) >= 11 is 4.84. The minimum Gasteiger partial charge on any atom is -0.263 e. The molecule has 2 aromatic rings. The fourth-order valence-electron chi connectivity index (χ4n) is 2.82. The van der Waals surface area contributed by atoms with Crippen LogP contribution in [-0.2, 0) is 16.4 Å². The van der Waals surface area contributed by atoms with Gasteiger partial charge in [0.2, 0.25) is 0 Å². The summed E-state index contributed by atoms with van der Waals surface area (Å²) in [6.07, 6.45) is 1.77. The molecule has 1 aromatic carbocycles. The molecule has 1 atom stereocenters. The van der Waals surface area contributed by atoms with Crippen LogP contribution in [-0.4, -0.2) is 14.5 Å². The Labute approximate surface area is 137 Å². The summed E-state index contributed by atoms with van der Waals surface area (Å²) in [5, 5.41) is 0. The fourth-order valence-corrected chi connectivity index (χ4v) is 6.93. The van der Waals surface area contributed by atoms with Gasteiger partial charge in [-0.25, -0.2) is 8.42 Å². The van der Waals surface area contributed by atoms with Gasteiger partial charge in [0, 0.05) is 10.9 Å². The first-order valence-electron chi connectivity index (χ1n) is 6.79. The average Bonchev–Trinajstić information content (AvgIpc) is 2.78. The molecule has 3 nitrogen and oxygen atoms in total. The lowest BCUT2D eigenvalue weighted by molar-refractivity contribution is 0.563. The highest BCUT2D eigenvalue weighted by molar-refractivity contribution is 9.11. The number of hydrogen-bond acceptors (Lipinski definition) is 3. The summed E-state index contributed by atoms with van der Waals surface area (Å²) in [5.74, 6) is 0. The SMILES string of the molecule is Cc1sc(Br)cc1S(=O)(=O)N1c2ccccc2CCC1C. The third-order valence-corrected chi connectivity index (χ3v) is 7.58. The van der Waals surface area contributed by atoms with E-state index in [9.17, 15) is 8.42 Å². The topological polar surface area (TPSA) is 37.4 Å². The van der Waals surface area contributed by atoms with E-state index in [1.54, 1.807) is 10.4 Å². The van der Waals surface area contributed by atoms with Gasteiger partial charge in [-0.05, 0) is 60.3 Å². The molecule has 0 N–H and O–H groups in total. The predicted molar refractivity (Wildman–Crippen MR) is 90.6 cm³/mol. The van der Waals surface area contributed by atoms with Crippen LogP contribution in [0.2, 0.25) is 0 Å². The lowest BCUT2D eigenvalue weighted by Gasteiger charge is -2.35. The normalized spacial score (nSPS) is 18.6. The van der Waals surface area contributed by atoms with Crippen LogP contribution in [0.15, 0.2) is 39.0 Å². The van der Waals surface area contributed by atoms with Crippen molar-refractivity contribution in [3.05, 3.63) is 44.6 Å². The third-order valence-electron chi connectivity index (χ3n) is 3.84. The van der Waals surface area contributed by atoms with Crippen LogP contribution in [0, 0.1) is 6.92 Å². The number of sulfonamides is 1. The standard InChI is InChI=1S/C15H16BrNO2S2/c1-10-7-8-12-5-3-4-6-13(12)17(10)21(18,19)14-9-15(16)20-11(14)2/h3-6,9-10H,7-8H2,1-2H3. The van der Waals surface area contributed by atoms with E-state index in [2.05, 4.69) is 15.9 Å². The van der Waals surface area contributed by atoms with Crippen LogP contribution in [0.1, 0.15) is 23.8 Å². The number of hydrogen-bond donors (Lipinski definition) is 0. The molecule has 0 saturated carbocycles. The second-order valence-electron chi connectivity index (χ2n) is 5.29. The molecule has 3 rings (SSSR count). The summed E-state index contributed by atoms with van der Waals surface area (Å²) in [5.41, 5.74) is 1.92. The van der Waals surface area contributed by atoms with Crippen LogP contribution in [0.25, 0.3) is 0 Å². The van der Waals surface area contributed by atoms with Gasteiger partial charge in [0.1, 0.15) is 4.90 Å². The maximum absolute atomic E-state index is 13.1. The van der Waals surface area contributed by atoms with Gasteiger partial charge >= 0.3 is 0 Å². The second kappa shape index (κ2) is 5.41. The van der Waals surface area contributed by atoms with Gasteiger partial charge < -0.3 is 0 Å². The number of halogens is 1. The number of benzene rings is 1. The Morgan fingerprint density at radius 3 is 2.71 bits per heavy atom. The Balaban J connectivity index is 2.17. The largest absolute Gasteiger partial charge is 0.265 e. The molecule has 1 aromatic heterocycles. The van der Waals surface area contributed by atoms with Crippen LogP contribution < -0.4 is 4.31 Å². The molecule has 0 aliphatic carbocycles. The van der Waals surface area contributed by atoms with Gasteiger partial charge in [0.15, 0.2) is 0 Å². The Kier molecular flexibility index (Phi) is 3.88. The third kappa shape index (κ3) is 2.53. The molecule has 1 aliphatic rings. The summed E-state index contributed by atoms with van der Waals surface area (Å²) in [4.78, 5) is 1.22. The van der Waals surface area contributed by atoms with E-state index in [0.717, 1.165) is 32.8 Å². The minimum atomic E-state index is -3.52. The van der Waals surface area contributed by atoms with Crippen molar-refractivity contribution in [1.82, 2.24) is 0 Å². The number of rotatable bonds is 2. The van der Waals surface area contributed by atoms with Crippen molar-refractivity contribution in [2.45, 2.75) is 37.6 Å². The van der Waals surface area contributed by atoms with Crippen molar-refractivity contribution in [2.24, 2.45) is 0 Å². The lowest BCUT2D eigenvalue weighted by Crippen LogP contribution is -2.42. The Morgan fingerprint density at radius 1 is 1.33 bits per heavy atom. The maximum Gasteiger partial charge on any atom is 0.265 e. The van der Waals surface area contributed by atoms with Gasteiger partial charge in [-0.1, -0.05) is 18.2 Å². The van der Waals surface area contributed by atoms with Crippen molar-refractivity contribution in [3.8, 4) is 0 Å². The van der Waals surface area contributed by atoms with Gasteiger partial charge in [-0.15, -0.1) is 11.3 Å². The van der Waals surface area contributed by atoms with Crippen LogP contribution in [0.5, 0.6) is 0 Å². The van der Waals surface area contributed by atoms with Gasteiger partial charge in [-0.2, -0.15) is 0 Å². The highest BCUT2D eigenvalue weighted by atomic mass is 79.9. The zero-order chi connectivity index (χ0) is 15.2. The van der Waals surface area contributed by atoms with Gasteiger partial charge in [0.25, 0.3) is 10.0 Å². The molecular formula is C15H16BrNO2S2. The molecule has 0 amide bonds. The van der Waals surface area contributed by atoms with E-state index in [4.69, 9.17) is 0 Å². The van der Waals surface area contributed by atoms with E-state index < -0.39 is 10.0 Å². The number of para-hydroxylation sites is 1. The summed E-state index contributed by atoms with van der Waals surface area (Å²) < 4.78 is 28.6. The first-order valence-corrected chi connectivity index (χ1v) is 9.84. The molecule has 6 heteroatoms. The van der Waals surface area contributed by atoms with E-state index in [1.165, 1.54) is 11.3 Å². The van der Waals surface area contributed by atoms with Crippen molar-refractivity contribution >= 4 is 43.0 Å². The monoisotopic (exact) mass is 385 g/mol. The number of fused-ring (bicyclic) bond motifs is 1. The second-order valence-corrected chi connectivity index (χ2v) is 9.71. The van der Waals surface area contributed by atoms with Crippen molar-refractivity contribution < 1.29 is 8.42 Å². The van der Waals surface area contributed by atoms with Crippen LogP contribution in [0.4, 0.5) is 5.69 Å². The van der Waals surface area contributed by atoms with Crippen molar-refractivity contribution in [2.75, 3.05) is 4.31 Å². The summed E-state index contributed by atoms with van der Waals surface area (Å²) in [6, 6.07) is 9.46. The maximum atomic E-state index is 13.1. The minimum absolute atomic E-state index is 0.0250. The highest BCUT2D eigenvalue weighted by Crippen LogP contribution is 2.38. The Morgan fingerprint density at radius 2 is 2.05 bits per heavy atom. The summed E-state index contributed by atoms with van der Waals surface area (Å²) in [6.45, 7) is 3.83. The number of nitrogens with zero attached hydrogens (tertiary/aromatic N) is 1. The smallest absolute Gasteiger partial charge is 0.263 e. The van der Waals surface area contributed by atoms with E-state index in [1.807, 2.05) is 38.1 Å².